The second-order valence-electron chi connectivity index (χ2n) is 5.17. The van der Waals surface area contributed by atoms with Gasteiger partial charge in [-0.15, -0.1) is 6.42 Å². The fourth-order valence-electron chi connectivity index (χ4n) is 1.93. The zero-order valence-corrected chi connectivity index (χ0v) is 10.6. The Hall–Kier alpha value is -2.15. The standard InChI is InChI=1S/C14H14FN3/c1-5-8-10(15)7-17-13-12(8)9(14(2,3)4)6-11(16)18-13/h1,6-7H,2-4H3,(H2,16,17,18). The van der Waals surface area contributed by atoms with E-state index < -0.39 is 5.82 Å². The van der Waals surface area contributed by atoms with E-state index >= 15 is 0 Å². The molecule has 0 radical (unpaired) electrons. The third-order valence-electron chi connectivity index (χ3n) is 2.76. The average Bonchev–Trinajstić information content (AvgIpc) is 2.27. The van der Waals surface area contributed by atoms with Gasteiger partial charge in [-0.25, -0.2) is 14.4 Å². The molecule has 0 aromatic carbocycles. The number of fused-ring (bicyclic) bond motifs is 1. The Morgan fingerprint density at radius 2 is 2.06 bits per heavy atom. The Morgan fingerprint density at radius 1 is 1.39 bits per heavy atom. The molecule has 0 saturated heterocycles. The van der Waals surface area contributed by atoms with Crippen molar-refractivity contribution >= 4 is 16.9 Å². The minimum Gasteiger partial charge on any atom is -0.384 e. The Kier molecular flexibility index (Phi) is 2.70. The van der Waals surface area contributed by atoms with Crippen molar-refractivity contribution in [2.24, 2.45) is 0 Å². The van der Waals surface area contributed by atoms with Gasteiger partial charge in [-0.3, -0.25) is 0 Å². The van der Waals surface area contributed by atoms with Crippen molar-refractivity contribution in [1.82, 2.24) is 9.97 Å². The van der Waals surface area contributed by atoms with Crippen LogP contribution in [0.3, 0.4) is 0 Å². The van der Waals surface area contributed by atoms with Gasteiger partial charge in [0.1, 0.15) is 5.82 Å². The number of terminal acetylenes is 1. The van der Waals surface area contributed by atoms with Crippen molar-refractivity contribution in [1.29, 1.82) is 0 Å². The lowest BCUT2D eigenvalue weighted by Gasteiger charge is -2.22. The number of halogens is 1. The lowest BCUT2D eigenvalue weighted by molar-refractivity contribution is 0.592. The summed E-state index contributed by atoms with van der Waals surface area (Å²) in [6, 6.07) is 1.73. The van der Waals surface area contributed by atoms with Crippen molar-refractivity contribution in [2.45, 2.75) is 26.2 Å². The van der Waals surface area contributed by atoms with Crippen molar-refractivity contribution < 1.29 is 4.39 Å². The number of aromatic nitrogens is 2. The van der Waals surface area contributed by atoms with Crippen LogP contribution in [-0.4, -0.2) is 9.97 Å². The molecule has 2 heterocycles. The zero-order chi connectivity index (χ0) is 13.5. The van der Waals surface area contributed by atoms with Gasteiger partial charge < -0.3 is 5.73 Å². The summed E-state index contributed by atoms with van der Waals surface area (Å²) in [5.41, 5.74) is 6.96. The van der Waals surface area contributed by atoms with E-state index in [1.54, 1.807) is 6.07 Å². The summed E-state index contributed by atoms with van der Waals surface area (Å²) in [6.45, 7) is 6.02. The maximum absolute atomic E-state index is 13.7. The number of anilines is 1. The third-order valence-corrected chi connectivity index (χ3v) is 2.76. The second kappa shape index (κ2) is 3.95. The summed E-state index contributed by atoms with van der Waals surface area (Å²) >= 11 is 0. The van der Waals surface area contributed by atoms with Gasteiger partial charge in [0.15, 0.2) is 11.5 Å². The van der Waals surface area contributed by atoms with Gasteiger partial charge in [0.25, 0.3) is 0 Å². The number of nitrogens with zero attached hydrogens (tertiary/aromatic N) is 2. The summed E-state index contributed by atoms with van der Waals surface area (Å²) in [4.78, 5) is 8.07. The summed E-state index contributed by atoms with van der Waals surface area (Å²) in [5.74, 6) is 2.22. The molecule has 0 aliphatic heterocycles. The van der Waals surface area contributed by atoms with E-state index in [0.717, 1.165) is 11.8 Å². The SMILES string of the molecule is C#Cc1c(F)cnc2nc(N)cc(C(C)(C)C)c12. The molecule has 0 unspecified atom stereocenters. The molecule has 0 atom stereocenters. The largest absolute Gasteiger partial charge is 0.384 e. The summed E-state index contributed by atoms with van der Waals surface area (Å²) in [6.07, 6.45) is 6.47. The molecule has 0 aliphatic rings. The van der Waals surface area contributed by atoms with Gasteiger partial charge in [0, 0.05) is 5.39 Å². The highest BCUT2D eigenvalue weighted by Crippen LogP contribution is 2.32. The minimum atomic E-state index is -0.512. The van der Waals surface area contributed by atoms with Crippen LogP contribution in [0.2, 0.25) is 0 Å². The molecule has 92 valence electrons. The van der Waals surface area contributed by atoms with E-state index in [1.807, 2.05) is 20.8 Å². The topological polar surface area (TPSA) is 51.8 Å². The van der Waals surface area contributed by atoms with Crippen LogP contribution in [0.25, 0.3) is 11.0 Å². The second-order valence-corrected chi connectivity index (χ2v) is 5.17. The molecule has 0 spiro atoms. The molecule has 18 heavy (non-hydrogen) atoms. The van der Waals surface area contributed by atoms with Crippen molar-refractivity contribution in [3.05, 3.63) is 29.2 Å². The summed E-state index contributed by atoms with van der Waals surface area (Å²) in [5, 5.41) is 0.569. The number of nitrogens with two attached hydrogens (primary N) is 1. The molecule has 0 saturated carbocycles. The third kappa shape index (κ3) is 1.88. The normalized spacial score (nSPS) is 11.5. The number of rotatable bonds is 0. The molecule has 0 bridgehead atoms. The van der Waals surface area contributed by atoms with E-state index in [0.29, 0.717) is 16.9 Å². The van der Waals surface area contributed by atoms with Crippen LogP contribution in [-0.2, 0) is 5.41 Å². The molecule has 2 rings (SSSR count). The van der Waals surface area contributed by atoms with Crippen molar-refractivity contribution in [2.75, 3.05) is 5.73 Å². The molecular weight excluding hydrogens is 229 g/mol. The molecular formula is C14H14FN3. The average molecular weight is 243 g/mol. The summed E-state index contributed by atoms with van der Waals surface area (Å²) in [7, 11) is 0. The number of pyridine rings is 2. The Balaban J connectivity index is 3.02. The lowest BCUT2D eigenvalue weighted by Crippen LogP contribution is -2.14. The van der Waals surface area contributed by atoms with Crippen LogP contribution in [0, 0.1) is 18.2 Å². The molecule has 0 aliphatic carbocycles. The van der Waals surface area contributed by atoms with Gasteiger partial charge in [0.05, 0.1) is 11.8 Å². The minimum absolute atomic E-state index is 0.192. The van der Waals surface area contributed by atoms with Gasteiger partial charge in [-0.1, -0.05) is 26.7 Å². The molecule has 0 amide bonds. The van der Waals surface area contributed by atoms with Crippen LogP contribution >= 0.6 is 0 Å². The molecule has 3 nitrogen and oxygen atoms in total. The van der Waals surface area contributed by atoms with Crippen molar-refractivity contribution in [3.8, 4) is 12.3 Å². The first-order valence-electron chi connectivity index (χ1n) is 5.56. The number of hydrogen-bond donors (Lipinski definition) is 1. The quantitative estimate of drug-likeness (QED) is 0.724. The number of hydrogen-bond acceptors (Lipinski definition) is 3. The van der Waals surface area contributed by atoms with Crippen molar-refractivity contribution in [3.63, 3.8) is 0 Å². The first-order chi connectivity index (χ1) is 8.34. The Labute approximate surface area is 105 Å². The zero-order valence-electron chi connectivity index (χ0n) is 10.6. The predicted molar refractivity (Wildman–Crippen MR) is 70.5 cm³/mol. The predicted octanol–water partition coefficient (Wildman–Crippen LogP) is 2.63. The van der Waals surface area contributed by atoms with E-state index in [-0.39, 0.29) is 11.0 Å². The van der Waals surface area contributed by atoms with Gasteiger partial charge in [0.2, 0.25) is 0 Å². The van der Waals surface area contributed by atoms with E-state index in [4.69, 9.17) is 12.2 Å². The molecule has 4 heteroatoms. The fraction of sp³-hybridized carbons (Fsp3) is 0.286. The maximum Gasteiger partial charge on any atom is 0.163 e. The molecule has 2 N–H and O–H groups in total. The van der Waals surface area contributed by atoms with Crippen LogP contribution in [0.15, 0.2) is 12.3 Å². The monoisotopic (exact) mass is 243 g/mol. The Bertz CT molecular complexity index is 663. The first-order valence-corrected chi connectivity index (χ1v) is 5.56. The van der Waals surface area contributed by atoms with Crippen LogP contribution in [0.1, 0.15) is 31.9 Å². The highest BCUT2D eigenvalue weighted by Gasteiger charge is 2.22. The van der Waals surface area contributed by atoms with Crippen LogP contribution < -0.4 is 5.73 Å². The van der Waals surface area contributed by atoms with E-state index in [1.165, 1.54) is 0 Å². The Morgan fingerprint density at radius 3 is 2.61 bits per heavy atom. The van der Waals surface area contributed by atoms with Gasteiger partial charge >= 0.3 is 0 Å². The smallest absolute Gasteiger partial charge is 0.163 e. The molecule has 2 aromatic heterocycles. The lowest BCUT2D eigenvalue weighted by atomic mass is 9.84. The highest BCUT2D eigenvalue weighted by atomic mass is 19.1. The van der Waals surface area contributed by atoms with Crippen LogP contribution in [0.4, 0.5) is 10.2 Å². The van der Waals surface area contributed by atoms with Gasteiger partial charge in [-0.2, -0.15) is 0 Å². The molecule has 2 aromatic rings. The fourth-order valence-corrected chi connectivity index (χ4v) is 1.93. The van der Waals surface area contributed by atoms with Gasteiger partial charge in [-0.05, 0) is 17.0 Å². The highest BCUT2D eigenvalue weighted by molar-refractivity contribution is 5.87. The summed E-state index contributed by atoms with van der Waals surface area (Å²) < 4.78 is 13.7. The first kappa shape index (κ1) is 12.3. The van der Waals surface area contributed by atoms with E-state index in [9.17, 15) is 4.39 Å². The maximum atomic E-state index is 13.7. The number of nitrogen functional groups attached to an aromatic ring is 1. The van der Waals surface area contributed by atoms with E-state index in [2.05, 4.69) is 15.9 Å². The van der Waals surface area contributed by atoms with Crippen LogP contribution in [0.5, 0.6) is 0 Å². The molecule has 0 fully saturated rings.